The molecule has 0 saturated carbocycles. The first-order valence-corrected chi connectivity index (χ1v) is 11.5. The Bertz CT molecular complexity index is 1100. The van der Waals surface area contributed by atoms with Crippen molar-refractivity contribution in [2.75, 3.05) is 13.2 Å². The Balaban J connectivity index is 1.75. The first-order chi connectivity index (χ1) is 15.2. The molecule has 32 heavy (non-hydrogen) atoms. The van der Waals surface area contributed by atoms with Crippen molar-refractivity contribution in [3.05, 3.63) is 66.5 Å². The van der Waals surface area contributed by atoms with Gasteiger partial charge in [0.2, 0.25) is 0 Å². The zero-order valence-electron chi connectivity index (χ0n) is 16.5. The molecule has 0 unspecified atom stereocenters. The molecule has 0 aliphatic carbocycles. The van der Waals surface area contributed by atoms with Gasteiger partial charge >= 0.3 is 5.97 Å². The third-order valence-corrected chi connectivity index (χ3v) is 6.36. The van der Waals surface area contributed by atoms with E-state index in [0.717, 1.165) is 10.5 Å². The lowest BCUT2D eigenvalue weighted by atomic mass is 10.2. The van der Waals surface area contributed by atoms with Crippen molar-refractivity contribution in [3.8, 4) is 5.75 Å². The van der Waals surface area contributed by atoms with Crippen LogP contribution in [0.5, 0.6) is 5.75 Å². The van der Waals surface area contributed by atoms with Crippen LogP contribution in [0, 0.1) is 0 Å². The summed E-state index contributed by atoms with van der Waals surface area (Å²) in [5.74, 6) is -1.00. The third kappa shape index (κ3) is 5.91. The normalized spacial score (nSPS) is 14.9. The Morgan fingerprint density at radius 1 is 1.03 bits per heavy atom. The van der Waals surface area contributed by atoms with E-state index in [1.54, 1.807) is 37.3 Å². The SMILES string of the molecule is CCOC(=O)CN1C(=O)S/C(=C\c2cc(Cl)c(OCc3ccc(Cl)c(Cl)c3)c(Cl)c2)C1=O. The Labute approximate surface area is 208 Å². The summed E-state index contributed by atoms with van der Waals surface area (Å²) in [4.78, 5) is 37.2. The molecule has 2 aromatic rings. The molecule has 1 heterocycles. The van der Waals surface area contributed by atoms with Crippen LogP contribution in [-0.4, -0.2) is 35.2 Å². The number of nitrogens with zero attached hydrogens (tertiary/aromatic N) is 1. The number of ether oxygens (including phenoxy) is 2. The van der Waals surface area contributed by atoms with Crippen LogP contribution in [-0.2, 0) is 20.9 Å². The van der Waals surface area contributed by atoms with E-state index in [2.05, 4.69) is 0 Å². The molecule has 2 amide bonds. The van der Waals surface area contributed by atoms with Crippen molar-refractivity contribution in [3.63, 3.8) is 0 Å². The fourth-order valence-electron chi connectivity index (χ4n) is 2.71. The number of rotatable bonds is 7. The standard InChI is InChI=1S/C21H15Cl4NO5S/c1-2-30-18(27)9-26-20(28)17(32-21(26)29)8-12-6-15(24)19(16(25)7-12)31-10-11-3-4-13(22)14(23)5-11/h3-8H,2,9-10H2,1H3/b17-8-. The average Bonchev–Trinajstić information content (AvgIpc) is 2.97. The van der Waals surface area contributed by atoms with Crippen molar-refractivity contribution in [2.45, 2.75) is 13.5 Å². The minimum Gasteiger partial charge on any atom is -0.486 e. The monoisotopic (exact) mass is 533 g/mol. The molecule has 2 aromatic carbocycles. The molecule has 1 saturated heterocycles. The van der Waals surface area contributed by atoms with E-state index >= 15 is 0 Å². The van der Waals surface area contributed by atoms with Gasteiger partial charge < -0.3 is 9.47 Å². The molecule has 1 aliphatic heterocycles. The lowest BCUT2D eigenvalue weighted by molar-refractivity contribution is -0.145. The van der Waals surface area contributed by atoms with Gasteiger partial charge in [-0.3, -0.25) is 19.3 Å². The highest BCUT2D eigenvalue weighted by Gasteiger charge is 2.36. The molecule has 0 atom stereocenters. The van der Waals surface area contributed by atoms with Gasteiger partial charge in [-0.15, -0.1) is 0 Å². The van der Waals surface area contributed by atoms with Gasteiger partial charge in [0.15, 0.2) is 5.75 Å². The van der Waals surface area contributed by atoms with Crippen molar-refractivity contribution >= 4 is 81.4 Å². The van der Waals surface area contributed by atoms with Crippen LogP contribution < -0.4 is 4.74 Å². The van der Waals surface area contributed by atoms with Gasteiger partial charge in [0.1, 0.15) is 13.2 Å². The fraction of sp³-hybridized carbons (Fsp3) is 0.190. The maximum Gasteiger partial charge on any atom is 0.326 e. The minimum atomic E-state index is -0.661. The van der Waals surface area contributed by atoms with E-state index in [4.69, 9.17) is 55.9 Å². The first kappa shape index (κ1) is 24.7. The van der Waals surface area contributed by atoms with E-state index in [1.165, 1.54) is 6.08 Å². The highest BCUT2D eigenvalue weighted by molar-refractivity contribution is 8.18. The van der Waals surface area contributed by atoms with Gasteiger partial charge in [0.05, 0.1) is 31.6 Å². The number of amides is 2. The van der Waals surface area contributed by atoms with E-state index in [0.29, 0.717) is 27.4 Å². The summed E-state index contributed by atoms with van der Waals surface area (Å²) in [6.07, 6.45) is 1.47. The second kappa shape index (κ2) is 10.8. The zero-order chi connectivity index (χ0) is 23.4. The topological polar surface area (TPSA) is 72.9 Å². The Hall–Kier alpha value is -1.90. The van der Waals surface area contributed by atoms with Crippen molar-refractivity contribution in [1.29, 1.82) is 0 Å². The highest BCUT2D eigenvalue weighted by atomic mass is 35.5. The number of thioether (sulfide) groups is 1. The van der Waals surface area contributed by atoms with Gasteiger partial charge in [-0.05, 0) is 60.2 Å². The molecule has 11 heteroatoms. The first-order valence-electron chi connectivity index (χ1n) is 9.16. The number of benzene rings is 2. The zero-order valence-corrected chi connectivity index (χ0v) is 20.3. The largest absolute Gasteiger partial charge is 0.486 e. The van der Waals surface area contributed by atoms with Gasteiger partial charge in [-0.1, -0.05) is 52.5 Å². The maximum absolute atomic E-state index is 12.5. The van der Waals surface area contributed by atoms with Crippen molar-refractivity contribution in [2.24, 2.45) is 0 Å². The van der Waals surface area contributed by atoms with Crippen LogP contribution in [0.3, 0.4) is 0 Å². The number of carbonyl (C=O) groups excluding carboxylic acids is 3. The fourth-order valence-corrected chi connectivity index (χ4v) is 4.48. The molecule has 1 aliphatic rings. The summed E-state index contributed by atoms with van der Waals surface area (Å²) in [6, 6.07) is 8.20. The molecule has 0 bridgehead atoms. The summed E-state index contributed by atoms with van der Waals surface area (Å²) >= 11 is 25.3. The van der Waals surface area contributed by atoms with Crippen LogP contribution in [0.25, 0.3) is 6.08 Å². The van der Waals surface area contributed by atoms with Crippen molar-refractivity contribution in [1.82, 2.24) is 4.90 Å². The molecule has 1 fully saturated rings. The highest BCUT2D eigenvalue weighted by Crippen LogP contribution is 2.38. The molecule has 3 rings (SSSR count). The van der Waals surface area contributed by atoms with Gasteiger partial charge in [-0.25, -0.2) is 0 Å². The number of imide groups is 1. The van der Waals surface area contributed by atoms with Crippen molar-refractivity contribution < 1.29 is 23.9 Å². The molecule has 0 aromatic heterocycles. The molecular formula is C21H15Cl4NO5S. The predicted octanol–water partition coefficient (Wildman–Crippen LogP) is 6.48. The maximum atomic E-state index is 12.5. The number of hydrogen-bond acceptors (Lipinski definition) is 6. The smallest absolute Gasteiger partial charge is 0.326 e. The predicted molar refractivity (Wildman–Crippen MR) is 127 cm³/mol. The third-order valence-electron chi connectivity index (χ3n) is 4.15. The number of hydrogen-bond donors (Lipinski definition) is 0. The van der Waals surface area contributed by atoms with Gasteiger partial charge in [0.25, 0.3) is 11.1 Å². The Morgan fingerprint density at radius 2 is 1.72 bits per heavy atom. The average molecular weight is 535 g/mol. The number of esters is 1. The number of halogens is 4. The molecule has 0 spiro atoms. The lowest BCUT2D eigenvalue weighted by Crippen LogP contribution is -2.34. The second-order valence-electron chi connectivity index (χ2n) is 6.42. The minimum absolute atomic E-state index is 0.135. The molecule has 168 valence electrons. The molecule has 6 nitrogen and oxygen atoms in total. The quantitative estimate of drug-likeness (QED) is 0.299. The summed E-state index contributed by atoms with van der Waals surface area (Å²) in [5.41, 5.74) is 1.26. The van der Waals surface area contributed by atoms with Crippen LogP contribution in [0.15, 0.2) is 35.2 Å². The second-order valence-corrected chi connectivity index (χ2v) is 9.05. The molecule has 0 radical (unpaired) electrons. The van der Waals surface area contributed by atoms with Gasteiger partial charge in [0, 0.05) is 0 Å². The molecule has 0 N–H and O–H groups in total. The summed E-state index contributed by atoms with van der Waals surface area (Å²) in [5, 5.41) is 0.705. The van der Waals surface area contributed by atoms with Crippen LogP contribution in [0.2, 0.25) is 20.1 Å². The number of carbonyl (C=O) groups is 3. The van der Waals surface area contributed by atoms with Crippen LogP contribution in [0.1, 0.15) is 18.1 Å². The van der Waals surface area contributed by atoms with E-state index in [-0.39, 0.29) is 33.9 Å². The summed E-state index contributed by atoms with van der Waals surface area (Å²) in [7, 11) is 0. The summed E-state index contributed by atoms with van der Waals surface area (Å²) in [6.45, 7) is 1.50. The molecular weight excluding hydrogens is 520 g/mol. The van der Waals surface area contributed by atoms with E-state index in [9.17, 15) is 14.4 Å². The summed E-state index contributed by atoms with van der Waals surface area (Å²) < 4.78 is 10.5. The Kier molecular flexibility index (Phi) is 8.36. The lowest BCUT2D eigenvalue weighted by Gasteiger charge is -2.12. The van der Waals surface area contributed by atoms with Crippen LogP contribution >= 0.6 is 58.2 Å². The Morgan fingerprint density at radius 3 is 2.34 bits per heavy atom. The van der Waals surface area contributed by atoms with E-state index in [1.807, 2.05) is 0 Å². The van der Waals surface area contributed by atoms with Gasteiger partial charge in [-0.2, -0.15) is 0 Å². The van der Waals surface area contributed by atoms with E-state index < -0.39 is 23.7 Å². The van der Waals surface area contributed by atoms with Crippen LogP contribution in [0.4, 0.5) is 4.79 Å².